The Bertz CT molecular complexity index is 1030. The molecule has 0 atom stereocenters. The van der Waals surface area contributed by atoms with Gasteiger partial charge in [-0.2, -0.15) is 0 Å². The molecule has 2 heterocycles. The fraction of sp³-hybridized carbons (Fsp3) is 0.414. The fourth-order valence-electron chi connectivity index (χ4n) is 4.57. The Morgan fingerprint density at radius 1 is 0.941 bits per heavy atom. The molecule has 3 aromatic rings. The van der Waals surface area contributed by atoms with Crippen molar-refractivity contribution in [1.82, 2.24) is 10.2 Å². The van der Waals surface area contributed by atoms with Crippen LogP contribution in [0.5, 0.6) is 5.75 Å². The quantitative estimate of drug-likeness (QED) is 0.353. The first kappa shape index (κ1) is 24.5. The van der Waals surface area contributed by atoms with Gasteiger partial charge in [-0.25, -0.2) is 0 Å². The number of nitrogens with one attached hydrogen (secondary N) is 1. The van der Waals surface area contributed by atoms with Crippen LogP contribution in [0.25, 0.3) is 10.4 Å². The van der Waals surface area contributed by atoms with Crippen LogP contribution in [-0.2, 0) is 6.61 Å². The lowest BCUT2D eigenvalue weighted by molar-refractivity contribution is 0.0740. The molecule has 5 heteroatoms. The first-order valence-corrected chi connectivity index (χ1v) is 13.4. The van der Waals surface area contributed by atoms with Crippen LogP contribution < -0.4 is 10.1 Å². The van der Waals surface area contributed by atoms with Crippen molar-refractivity contribution in [2.75, 3.05) is 26.2 Å². The van der Waals surface area contributed by atoms with E-state index in [1.54, 1.807) is 11.3 Å². The van der Waals surface area contributed by atoms with Crippen LogP contribution in [0.4, 0.5) is 0 Å². The van der Waals surface area contributed by atoms with Gasteiger partial charge in [-0.3, -0.25) is 4.79 Å². The van der Waals surface area contributed by atoms with E-state index in [4.69, 9.17) is 4.74 Å². The Morgan fingerprint density at radius 3 is 2.26 bits per heavy atom. The van der Waals surface area contributed by atoms with E-state index >= 15 is 0 Å². The zero-order chi connectivity index (χ0) is 23.8. The van der Waals surface area contributed by atoms with E-state index in [0.717, 1.165) is 52.8 Å². The molecular weight excluding hydrogens is 440 g/mol. The summed E-state index contributed by atoms with van der Waals surface area (Å²) in [6, 6.07) is 21.1. The fourth-order valence-corrected chi connectivity index (χ4v) is 5.55. The summed E-state index contributed by atoms with van der Waals surface area (Å²) in [5.41, 5.74) is 3.69. The first-order chi connectivity index (χ1) is 16.7. The summed E-state index contributed by atoms with van der Waals surface area (Å²) in [6.45, 7) is 8.37. The molecule has 0 radical (unpaired) electrons. The smallest absolute Gasteiger partial charge is 0.264 e. The molecule has 1 amide bonds. The molecule has 0 unspecified atom stereocenters. The van der Waals surface area contributed by atoms with Crippen LogP contribution in [0, 0.1) is 0 Å². The lowest BCUT2D eigenvalue weighted by Gasteiger charge is -2.26. The highest BCUT2D eigenvalue weighted by Crippen LogP contribution is 2.30. The van der Waals surface area contributed by atoms with Gasteiger partial charge >= 0.3 is 0 Å². The Morgan fingerprint density at radius 2 is 1.62 bits per heavy atom. The van der Waals surface area contributed by atoms with Crippen molar-refractivity contribution in [1.29, 1.82) is 0 Å². The number of amides is 1. The molecule has 1 aromatic heterocycles. The maximum atomic E-state index is 12.7. The summed E-state index contributed by atoms with van der Waals surface area (Å²) in [7, 11) is 0. The number of thiophene rings is 1. The average molecular weight is 477 g/mol. The van der Waals surface area contributed by atoms with Gasteiger partial charge < -0.3 is 15.0 Å². The molecule has 1 saturated heterocycles. The van der Waals surface area contributed by atoms with Crippen molar-refractivity contribution in [3.63, 3.8) is 0 Å². The van der Waals surface area contributed by atoms with E-state index in [2.05, 4.69) is 73.8 Å². The van der Waals surface area contributed by atoms with Crippen LogP contribution >= 0.6 is 11.3 Å². The predicted octanol–water partition coefficient (Wildman–Crippen LogP) is 6.72. The molecule has 0 spiro atoms. The standard InChI is InChI=1S/C29H36N2O2S/c1-3-5-23(6-4-2)24-11-13-26(14-12-24)33-21-22-7-9-25(10-8-22)27-15-16-28(34-27)29(32)31-19-17-30-18-20-31/h7-16,23,30H,3-6,17-21H2,1-2H3. The lowest BCUT2D eigenvalue weighted by Crippen LogP contribution is -2.46. The monoisotopic (exact) mass is 476 g/mol. The third-order valence-corrected chi connectivity index (χ3v) is 7.61. The summed E-state index contributed by atoms with van der Waals surface area (Å²) in [4.78, 5) is 16.6. The van der Waals surface area contributed by atoms with Crippen LogP contribution in [0.3, 0.4) is 0 Å². The molecule has 0 saturated carbocycles. The Labute approximate surface area is 208 Å². The van der Waals surface area contributed by atoms with E-state index in [-0.39, 0.29) is 5.91 Å². The van der Waals surface area contributed by atoms with Crippen LogP contribution in [0.2, 0.25) is 0 Å². The predicted molar refractivity (Wildman–Crippen MR) is 142 cm³/mol. The normalized spacial score (nSPS) is 13.9. The highest BCUT2D eigenvalue weighted by molar-refractivity contribution is 7.17. The number of carbonyl (C=O) groups is 1. The van der Waals surface area contributed by atoms with Gasteiger partial charge in [-0.1, -0.05) is 63.1 Å². The van der Waals surface area contributed by atoms with Gasteiger partial charge in [0.15, 0.2) is 0 Å². The summed E-state index contributed by atoms with van der Waals surface area (Å²) in [5.74, 6) is 1.71. The van der Waals surface area contributed by atoms with Gasteiger partial charge in [0.25, 0.3) is 5.91 Å². The van der Waals surface area contributed by atoms with Crippen molar-refractivity contribution >= 4 is 17.2 Å². The van der Waals surface area contributed by atoms with Gasteiger partial charge in [0, 0.05) is 31.1 Å². The summed E-state index contributed by atoms with van der Waals surface area (Å²) < 4.78 is 6.04. The Kier molecular flexibility index (Phi) is 8.78. The van der Waals surface area contributed by atoms with Crippen molar-refractivity contribution in [3.8, 4) is 16.2 Å². The van der Waals surface area contributed by atoms with Gasteiger partial charge in [-0.05, 0) is 59.7 Å². The molecule has 34 heavy (non-hydrogen) atoms. The van der Waals surface area contributed by atoms with Crippen LogP contribution in [-0.4, -0.2) is 37.0 Å². The number of ether oxygens (including phenoxy) is 1. The van der Waals surface area contributed by atoms with Crippen molar-refractivity contribution < 1.29 is 9.53 Å². The zero-order valence-corrected chi connectivity index (χ0v) is 21.2. The second-order valence-electron chi connectivity index (χ2n) is 9.04. The summed E-state index contributed by atoms with van der Waals surface area (Å²) in [5, 5.41) is 3.29. The molecule has 1 N–H and O–H groups in total. The van der Waals surface area contributed by atoms with Gasteiger partial charge in [0.05, 0.1) is 4.88 Å². The number of piperazine rings is 1. The third-order valence-electron chi connectivity index (χ3n) is 6.49. The second-order valence-corrected chi connectivity index (χ2v) is 10.1. The first-order valence-electron chi connectivity index (χ1n) is 12.6. The number of hydrogen-bond acceptors (Lipinski definition) is 4. The van der Waals surface area contributed by atoms with E-state index in [1.807, 2.05) is 11.0 Å². The van der Waals surface area contributed by atoms with Crippen molar-refractivity contribution in [3.05, 3.63) is 76.7 Å². The van der Waals surface area contributed by atoms with E-state index in [1.165, 1.54) is 31.2 Å². The zero-order valence-electron chi connectivity index (χ0n) is 20.4. The largest absolute Gasteiger partial charge is 0.489 e. The molecule has 0 bridgehead atoms. The minimum absolute atomic E-state index is 0.143. The van der Waals surface area contributed by atoms with Crippen LogP contribution in [0.15, 0.2) is 60.7 Å². The van der Waals surface area contributed by atoms with E-state index < -0.39 is 0 Å². The minimum atomic E-state index is 0.143. The van der Waals surface area contributed by atoms with Gasteiger partial charge in [0.1, 0.15) is 12.4 Å². The maximum Gasteiger partial charge on any atom is 0.264 e. The Hall–Kier alpha value is -2.63. The Balaban J connectivity index is 1.33. The summed E-state index contributed by atoms with van der Waals surface area (Å²) >= 11 is 1.57. The van der Waals surface area contributed by atoms with E-state index in [9.17, 15) is 4.79 Å². The molecule has 180 valence electrons. The number of rotatable bonds is 10. The molecular formula is C29H36N2O2S. The van der Waals surface area contributed by atoms with Crippen molar-refractivity contribution in [2.45, 2.75) is 52.1 Å². The highest BCUT2D eigenvalue weighted by atomic mass is 32.1. The van der Waals surface area contributed by atoms with Gasteiger partial charge in [0.2, 0.25) is 0 Å². The second kappa shape index (κ2) is 12.2. The molecule has 1 fully saturated rings. The number of hydrogen-bond donors (Lipinski definition) is 1. The summed E-state index contributed by atoms with van der Waals surface area (Å²) in [6.07, 6.45) is 4.93. The number of benzene rings is 2. The molecule has 4 nitrogen and oxygen atoms in total. The SMILES string of the molecule is CCCC(CCC)c1ccc(OCc2ccc(-c3ccc(C(=O)N4CCNCC4)s3)cc2)cc1. The number of nitrogens with zero attached hydrogens (tertiary/aromatic N) is 1. The average Bonchev–Trinajstić information content (AvgIpc) is 3.38. The van der Waals surface area contributed by atoms with Gasteiger partial charge in [-0.15, -0.1) is 11.3 Å². The maximum absolute atomic E-state index is 12.7. The molecule has 1 aliphatic rings. The molecule has 1 aliphatic heterocycles. The highest BCUT2D eigenvalue weighted by Gasteiger charge is 2.19. The topological polar surface area (TPSA) is 41.6 Å². The molecule has 0 aliphatic carbocycles. The third kappa shape index (κ3) is 6.28. The molecule has 2 aromatic carbocycles. The number of carbonyl (C=O) groups excluding carboxylic acids is 1. The van der Waals surface area contributed by atoms with E-state index in [0.29, 0.717) is 12.5 Å². The lowest BCUT2D eigenvalue weighted by atomic mass is 9.90. The van der Waals surface area contributed by atoms with Crippen LogP contribution in [0.1, 0.15) is 66.2 Å². The molecule has 4 rings (SSSR count). The van der Waals surface area contributed by atoms with Crippen molar-refractivity contribution in [2.24, 2.45) is 0 Å². The minimum Gasteiger partial charge on any atom is -0.489 e.